The Morgan fingerprint density at radius 3 is 3.10 bits per heavy atom. The molecular weight excluding hydrogens is 246 g/mol. The number of fused-ring (bicyclic) bond motifs is 1. The van der Waals surface area contributed by atoms with Crippen LogP contribution in [-0.4, -0.2) is 23.0 Å². The zero-order valence-corrected chi connectivity index (χ0v) is 11.6. The number of nitrogens with zero attached hydrogens (tertiary/aromatic N) is 2. The Morgan fingerprint density at radius 1 is 1.40 bits per heavy atom. The van der Waals surface area contributed by atoms with Crippen molar-refractivity contribution in [1.82, 2.24) is 9.88 Å². The number of H-pyrrole nitrogens is 1. The molecule has 1 aromatic heterocycles. The SMILES string of the molecule is CCN1C=CC=C(Cc2c[nH]c3ccc(C#N)cc23)C1. The van der Waals surface area contributed by atoms with E-state index in [0.717, 1.165) is 30.4 Å². The summed E-state index contributed by atoms with van der Waals surface area (Å²) in [6.45, 7) is 4.18. The molecule has 0 saturated heterocycles. The van der Waals surface area contributed by atoms with Gasteiger partial charge in [-0.3, -0.25) is 0 Å². The van der Waals surface area contributed by atoms with Crippen LogP contribution in [0.25, 0.3) is 10.9 Å². The highest BCUT2D eigenvalue weighted by Crippen LogP contribution is 2.23. The van der Waals surface area contributed by atoms with Gasteiger partial charge >= 0.3 is 0 Å². The van der Waals surface area contributed by atoms with Crippen molar-refractivity contribution in [2.75, 3.05) is 13.1 Å². The summed E-state index contributed by atoms with van der Waals surface area (Å²) in [4.78, 5) is 5.58. The van der Waals surface area contributed by atoms with Gasteiger partial charge in [0.1, 0.15) is 0 Å². The smallest absolute Gasteiger partial charge is 0.0991 e. The minimum atomic E-state index is 0.714. The maximum atomic E-state index is 9.03. The van der Waals surface area contributed by atoms with E-state index in [4.69, 9.17) is 5.26 Å². The van der Waals surface area contributed by atoms with E-state index in [-0.39, 0.29) is 0 Å². The molecule has 0 radical (unpaired) electrons. The summed E-state index contributed by atoms with van der Waals surface area (Å²) in [5.74, 6) is 0. The summed E-state index contributed by atoms with van der Waals surface area (Å²) >= 11 is 0. The maximum absolute atomic E-state index is 9.03. The normalized spacial score (nSPS) is 14.4. The minimum absolute atomic E-state index is 0.714. The fourth-order valence-corrected chi connectivity index (χ4v) is 2.64. The fourth-order valence-electron chi connectivity index (χ4n) is 2.64. The molecule has 0 spiro atoms. The number of hydrogen-bond donors (Lipinski definition) is 1. The molecule has 2 aromatic rings. The molecule has 20 heavy (non-hydrogen) atoms. The third kappa shape index (κ3) is 2.33. The van der Waals surface area contributed by atoms with Crippen LogP contribution in [0.2, 0.25) is 0 Å². The first-order valence-electron chi connectivity index (χ1n) is 6.90. The Balaban J connectivity index is 1.90. The second-order valence-electron chi connectivity index (χ2n) is 5.09. The van der Waals surface area contributed by atoms with Gasteiger partial charge in [0.05, 0.1) is 11.6 Å². The molecule has 0 bridgehead atoms. The average Bonchev–Trinajstić information content (AvgIpc) is 2.89. The number of likely N-dealkylation sites (N-methyl/N-ethyl adjacent to an activating group) is 1. The Labute approximate surface area is 118 Å². The molecular formula is C17H17N3. The van der Waals surface area contributed by atoms with Crippen LogP contribution in [0.15, 0.2) is 48.3 Å². The van der Waals surface area contributed by atoms with Gasteiger partial charge in [-0.2, -0.15) is 5.26 Å². The summed E-state index contributed by atoms with van der Waals surface area (Å²) in [6, 6.07) is 8.01. The van der Waals surface area contributed by atoms with Crippen molar-refractivity contribution in [3.63, 3.8) is 0 Å². The lowest BCUT2D eigenvalue weighted by molar-refractivity contribution is 0.421. The molecule has 0 unspecified atom stereocenters. The van der Waals surface area contributed by atoms with Crippen LogP contribution >= 0.6 is 0 Å². The van der Waals surface area contributed by atoms with E-state index in [1.54, 1.807) is 0 Å². The van der Waals surface area contributed by atoms with Gasteiger partial charge in [-0.25, -0.2) is 0 Å². The van der Waals surface area contributed by atoms with E-state index < -0.39 is 0 Å². The van der Waals surface area contributed by atoms with Crippen molar-refractivity contribution < 1.29 is 0 Å². The number of rotatable bonds is 3. The summed E-state index contributed by atoms with van der Waals surface area (Å²) in [5, 5.41) is 10.2. The van der Waals surface area contributed by atoms with Gasteiger partial charge in [0.15, 0.2) is 0 Å². The van der Waals surface area contributed by atoms with Gasteiger partial charge in [-0.05, 0) is 55.0 Å². The molecule has 1 N–H and O–H groups in total. The first-order chi connectivity index (χ1) is 9.80. The molecule has 1 aliphatic rings. The number of nitrogens with one attached hydrogen (secondary N) is 1. The number of nitriles is 1. The third-order valence-corrected chi connectivity index (χ3v) is 3.76. The average molecular weight is 263 g/mol. The zero-order valence-electron chi connectivity index (χ0n) is 11.6. The van der Waals surface area contributed by atoms with Crippen molar-refractivity contribution in [3.8, 4) is 6.07 Å². The lowest BCUT2D eigenvalue weighted by Gasteiger charge is -2.23. The van der Waals surface area contributed by atoms with Crippen LogP contribution in [0.5, 0.6) is 0 Å². The van der Waals surface area contributed by atoms with Crippen LogP contribution < -0.4 is 0 Å². The van der Waals surface area contributed by atoms with E-state index >= 15 is 0 Å². The molecule has 0 fully saturated rings. The number of aromatic amines is 1. The molecule has 0 atom stereocenters. The monoisotopic (exact) mass is 263 g/mol. The van der Waals surface area contributed by atoms with Crippen molar-refractivity contribution in [3.05, 3.63) is 59.4 Å². The first-order valence-corrected chi connectivity index (χ1v) is 6.90. The van der Waals surface area contributed by atoms with Gasteiger partial charge in [0.2, 0.25) is 0 Å². The lowest BCUT2D eigenvalue weighted by Crippen LogP contribution is -2.22. The summed E-state index contributed by atoms with van der Waals surface area (Å²) in [7, 11) is 0. The zero-order chi connectivity index (χ0) is 13.9. The molecule has 0 saturated carbocycles. The van der Waals surface area contributed by atoms with Crippen molar-refractivity contribution >= 4 is 10.9 Å². The first kappa shape index (κ1) is 12.6. The number of hydrogen-bond acceptors (Lipinski definition) is 2. The van der Waals surface area contributed by atoms with Crippen molar-refractivity contribution in [2.45, 2.75) is 13.3 Å². The summed E-state index contributed by atoms with van der Waals surface area (Å²) < 4.78 is 0. The van der Waals surface area contributed by atoms with Crippen LogP contribution in [0.1, 0.15) is 18.1 Å². The molecule has 2 heterocycles. The minimum Gasteiger partial charge on any atom is -0.374 e. The second-order valence-corrected chi connectivity index (χ2v) is 5.09. The van der Waals surface area contributed by atoms with Gasteiger partial charge in [0, 0.05) is 30.2 Å². The van der Waals surface area contributed by atoms with Gasteiger partial charge < -0.3 is 9.88 Å². The third-order valence-electron chi connectivity index (χ3n) is 3.76. The largest absolute Gasteiger partial charge is 0.374 e. The standard InChI is InChI=1S/C17H17N3/c1-2-20-7-3-4-14(12-20)8-15-11-19-17-6-5-13(10-18)9-16(15)17/h3-7,9,11,19H,2,8,12H2,1H3. The van der Waals surface area contributed by atoms with Crippen LogP contribution in [0.4, 0.5) is 0 Å². The highest BCUT2D eigenvalue weighted by atomic mass is 15.1. The summed E-state index contributed by atoms with van der Waals surface area (Å²) in [5.41, 5.74) is 4.47. The van der Waals surface area contributed by atoms with Crippen LogP contribution in [0, 0.1) is 11.3 Å². The molecule has 3 rings (SSSR count). The van der Waals surface area contributed by atoms with E-state index in [1.807, 2.05) is 18.2 Å². The number of aromatic nitrogens is 1. The molecule has 1 aliphatic heterocycles. The Bertz CT molecular complexity index is 728. The topological polar surface area (TPSA) is 42.8 Å². The number of benzene rings is 1. The van der Waals surface area contributed by atoms with E-state index in [9.17, 15) is 0 Å². The van der Waals surface area contributed by atoms with Crippen molar-refractivity contribution in [1.29, 1.82) is 5.26 Å². The summed E-state index contributed by atoms with van der Waals surface area (Å²) in [6.07, 6.45) is 9.42. The maximum Gasteiger partial charge on any atom is 0.0991 e. The quantitative estimate of drug-likeness (QED) is 0.922. The van der Waals surface area contributed by atoms with E-state index in [2.05, 4.69) is 47.4 Å². The molecule has 0 amide bonds. The van der Waals surface area contributed by atoms with Crippen LogP contribution in [-0.2, 0) is 6.42 Å². The highest BCUT2D eigenvalue weighted by molar-refractivity contribution is 5.84. The van der Waals surface area contributed by atoms with Gasteiger partial charge in [-0.1, -0.05) is 6.08 Å². The Kier molecular flexibility index (Phi) is 3.30. The van der Waals surface area contributed by atoms with Gasteiger partial charge in [-0.15, -0.1) is 0 Å². The van der Waals surface area contributed by atoms with Gasteiger partial charge in [0.25, 0.3) is 0 Å². The second kappa shape index (κ2) is 5.26. The van der Waals surface area contributed by atoms with E-state index in [1.165, 1.54) is 11.1 Å². The lowest BCUT2D eigenvalue weighted by atomic mass is 10.0. The Morgan fingerprint density at radius 2 is 2.30 bits per heavy atom. The predicted molar refractivity (Wildman–Crippen MR) is 81.2 cm³/mol. The fraction of sp³-hybridized carbons (Fsp3) is 0.235. The highest BCUT2D eigenvalue weighted by Gasteiger charge is 2.10. The predicted octanol–water partition coefficient (Wildman–Crippen LogP) is 3.36. The molecule has 1 aromatic carbocycles. The Hall–Kier alpha value is -2.47. The van der Waals surface area contributed by atoms with E-state index in [0.29, 0.717) is 5.56 Å². The molecule has 100 valence electrons. The van der Waals surface area contributed by atoms with Crippen LogP contribution in [0.3, 0.4) is 0 Å². The number of allylic oxidation sites excluding steroid dienone is 2. The molecule has 0 aliphatic carbocycles. The van der Waals surface area contributed by atoms with Crippen molar-refractivity contribution in [2.24, 2.45) is 0 Å². The molecule has 3 heteroatoms. The molecule has 3 nitrogen and oxygen atoms in total.